The first-order valence-electron chi connectivity index (χ1n) is 10.7. The Morgan fingerprint density at radius 3 is 2.59 bits per heavy atom. The van der Waals surface area contributed by atoms with E-state index in [2.05, 4.69) is 6.92 Å². The van der Waals surface area contributed by atoms with E-state index < -0.39 is 22.6 Å². The Hall–Kier alpha value is -2.36. The van der Waals surface area contributed by atoms with Crippen molar-refractivity contribution in [1.82, 2.24) is 4.31 Å². The molecule has 0 aliphatic carbocycles. The third-order valence-corrected chi connectivity index (χ3v) is 8.78. The van der Waals surface area contributed by atoms with Gasteiger partial charge in [-0.1, -0.05) is 25.1 Å². The minimum absolute atomic E-state index is 0.0626. The van der Waals surface area contributed by atoms with Gasteiger partial charge in [0.1, 0.15) is 0 Å². The summed E-state index contributed by atoms with van der Waals surface area (Å²) in [5.74, 6) is -1.02. The average Bonchev–Trinajstić information content (AvgIpc) is 3.29. The van der Waals surface area contributed by atoms with E-state index in [9.17, 15) is 18.0 Å². The largest absolute Gasteiger partial charge is 0.452 e. The molecule has 4 rings (SSSR count). The average molecular weight is 475 g/mol. The van der Waals surface area contributed by atoms with Gasteiger partial charge in [-0.2, -0.15) is 4.31 Å². The minimum Gasteiger partial charge on any atom is -0.452 e. The fourth-order valence-corrected chi connectivity index (χ4v) is 6.57. The van der Waals surface area contributed by atoms with Crippen LogP contribution in [0.15, 0.2) is 58.3 Å². The maximum atomic E-state index is 12.9. The molecular formula is C23H26N2O5S2. The molecule has 2 aromatic rings. The van der Waals surface area contributed by atoms with E-state index in [1.165, 1.54) is 28.6 Å². The van der Waals surface area contributed by atoms with Gasteiger partial charge in [0, 0.05) is 29.8 Å². The van der Waals surface area contributed by atoms with Crippen LogP contribution in [0.25, 0.3) is 0 Å². The van der Waals surface area contributed by atoms with E-state index in [0.717, 1.165) is 29.8 Å². The Kier molecular flexibility index (Phi) is 6.88. The molecule has 0 radical (unpaired) electrons. The van der Waals surface area contributed by atoms with E-state index in [-0.39, 0.29) is 16.4 Å². The summed E-state index contributed by atoms with van der Waals surface area (Å²) >= 11 is 1.73. The molecule has 7 nitrogen and oxygen atoms in total. The van der Waals surface area contributed by atoms with Crippen molar-refractivity contribution in [3.8, 4) is 0 Å². The van der Waals surface area contributed by atoms with Crippen molar-refractivity contribution in [3.05, 3.63) is 54.1 Å². The van der Waals surface area contributed by atoms with Gasteiger partial charge in [0.2, 0.25) is 10.0 Å². The van der Waals surface area contributed by atoms with Crippen molar-refractivity contribution in [1.29, 1.82) is 0 Å². The molecule has 1 amide bonds. The topological polar surface area (TPSA) is 84.0 Å². The number of nitrogens with zero attached hydrogens (tertiary/aromatic N) is 2. The molecule has 9 heteroatoms. The number of ether oxygens (including phenoxy) is 1. The highest BCUT2D eigenvalue weighted by molar-refractivity contribution is 8.00. The van der Waals surface area contributed by atoms with Crippen molar-refractivity contribution >= 4 is 39.3 Å². The van der Waals surface area contributed by atoms with Gasteiger partial charge >= 0.3 is 5.97 Å². The first-order chi connectivity index (χ1) is 15.4. The lowest BCUT2D eigenvalue weighted by Gasteiger charge is -2.22. The number of anilines is 1. The highest BCUT2D eigenvalue weighted by Gasteiger charge is 2.28. The van der Waals surface area contributed by atoms with E-state index >= 15 is 0 Å². The van der Waals surface area contributed by atoms with Crippen molar-refractivity contribution in [2.24, 2.45) is 0 Å². The van der Waals surface area contributed by atoms with Gasteiger partial charge in [0.05, 0.1) is 16.1 Å². The zero-order valence-electron chi connectivity index (χ0n) is 17.9. The Balaban J connectivity index is 1.45. The predicted octanol–water partition coefficient (Wildman–Crippen LogP) is 3.55. The monoisotopic (exact) mass is 474 g/mol. The Morgan fingerprint density at radius 2 is 1.81 bits per heavy atom. The van der Waals surface area contributed by atoms with Crippen LogP contribution in [0.5, 0.6) is 0 Å². The first-order valence-corrected chi connectivity index (χ1v) is 13.0. The predicted molar refractivity (Wildman–Crippen MR) is 123 cm³/mol. The number of sulfonamides is 1. The fraction of sp³-hybridized carbons (Fsp3) is 0.391. The second-order valence-corrected chi connectivity index (χ2v) is 11.4. The molecule has 1 unspecified atom stereocenters. The smallest absolute Gasteiger partial charge is 0.338 e. The van der Waals surface area contributed by atoms with Crippen molar-refractivity contribution in [3.63, 3.8) is 0 Å². The van der Waals surface area contributed by atoms with Crippen LogP contribution < -0.4 is 4.90 Å². The fourth-order valence-electron chi connectivity index (χ4n) is 3.90. The van der Waals surface area contributed by atoms with Crippen molar-refractivity contribution < 1.29 is 22.7 Å². The highest BCUT2D eigenvalue weighted by Crippen LogP contribution is 2.37. The molecule has 32 heavy (non-hydrogen) atoms. The van der Waals surface area contributed by atoms with E-state index in [0.29, 0.717) is 24.9 Å². The number of para-hydroxylation sites is 1. The van der Waals surface area contributed by atoms with Crippen LogP contribution >= 0.6 is 11.8 Å². The van der Waals surface area contributed by atoms with Gasteiger partial charge < -0.3 is 9.64 Å². The number of amides is 1. The summed E-state index contributed by atoms with van der Waals surface area (Å²) in [5.41, 5.74) is 0.931. The summed E-state index contributed by atoms with van der Waals surface area (Å²) in [5, 5.41) is 0.372. The minimum atomic E-state index is -3.64. The van der Waals surface area contributed by atoms with Crippen LogP contribution in [-0.2, 0) is 19.6 Å². The molecule has 2 aliphatic heterocycles. The van der Waals surface area contributed by atoms with Crippen LogP contribution in [0.1, 0.15) is 36.5 Å². The number of hydrogen-bond donors (Lipinski definition) is 0. The molecule has 170 valence electrons. The van der Waals surface area contributed by atoms with Gasteiger partial charge in [-0.25, -0.2) is 13.2 Å². The molecule has 0 bridgehead atoms. The number of carbonyl (C=O) groups excluding carboxylic acids is 2. The standard InChI is InChI=1S/C23H26N2O5S2/c1-17-11-14-25(20-9-2-3-10-21(20)31-17)22(26)16-30-23(27)18-7-6-8-19(15-18)32(28,29)24-12-4-5-13-24/h2-3,6-10,15,17H,4-5,11-14,16H2,1H3. The zero-order valence-corrected chi connectivity index (χ0v) is 19.5. The summed E-state index contributed by atoms with van der Waals surface area (Å²) in [6.45, 7) is 3.23. The number of benzene rings is 2. The van der Waals surface area contributed by atoms with Crippen LogP contribution in [0.3, 0.4) is 0 Å². The molecule has 0 aromatic heterocycles. The summed E-state index contributed by atoms with van der Waals surface area (Å²) in [6, 6.07) is 13.5. The summed E-state index contributed by atoms with van der Waals surface area (Å²) in [4.78, 5) is 28.2. The lowest BCUT2D eigenvalue weighted by molar-refractivity contribution is -0.121. The molecule has 1 saturated heterocycles. The number of esters is 1. The molecule has 2 heterocycles. The summed E-state index contributed by atoms with van der Waals surface area (Å²) < 4.78 is 32.2. The number of rotatable bonds is 5. The van der Waals surface area contributed by atoms with Gasteiger partial charge in [-0.3, -0.25) is 4.79 Å². The number of fused-ring (bicyclic) bond motifs is 1. The molecule has 2 aromatic carbocycles. The van der Waals surface area contributed by atoms with Gasteiger partial charge in [0.15, 0.2) is 6.61 Å². The SMILES string of the molecule is CC1CCN(C(=O)COC(=O)c2cccc(S(=O)(=O)N3CCCC3)c2)c2ccccc2S1. The molecule has 0 spiro atoms. The molecule has 1 fully saturated rings. The normalized spacial score (nSPS) is 19.3. The Bertz CT molecular complexity index is 1110. The Morgan fingerprint density at radius 1 is 1.06 bits per heavy atom. The van der Waals surface area contributed by atoms with Crippen LogP contribution in [-0.4, -0.2) is 56.1 Å². The second kappa shape index (κ2) is 9.64. The van der Waals surface area contributed by atoms with E-state index in [4.69, 9.17) is 4.74 Å². The number of carbonyl (C=O) groups is 2. The Labute approximate surface area is 192 Å². The molecule has 1 atom stereocenters. The maximum absolute atomic E-state index is 12.9. The number of hydrogen-bond acceptors (Lipinski definition) is 6. The molecular weight excluding hydrogens is 448 g/mol. The lowest BCUT2D eigenvalue weighted by atomic mass is 10.2. The molecule has 2 aliphatic rings. The highest BCUT2D eigenvalue weighted by atomic mass is 32.2. The van der Waals surface area contributed by atoms with E-state index in [1.807, 2.05) is 24.3 Å². The second-order valence-electron chi connectivity index (χ2n) is 7.95. The first kappa shape index (κ1) is 22.8. The third kappa shape index (κ3) is 4.84. The van der Waals surface area contributed by atoms with E-state index in [1.54, 1.807) is 16.7 Å². The zero-order chi connectivity index (χ0) is 22.7. The van der Waals surface area contributed by atoms with Gasteiger partial charge in [-0.15, -0.1) is 11.8 Å². The van der Waals surface area contributed by atoms with Crippen LogP contribution in [0.4, 0.5) is 5.69 Å². The molecule has 0 N–H and O–H groups in total. The third-order valence-electron chi connectivity index (χ3n) is 5.64. The van der Waals surface area contributed by atoms with Gasteiger partial charge in [0.25, 0.3) is 5.91 Å². The summed E-state index contributed by atoms with van der Waals surface area (Å²) in [6.07, 6.45) is 2.50. The molecule has 0 saturated carbocycles. The van der Waals surface area contributed by atoms with Crippen molar-refractivity contribution in [2.45, 2.75) is 41.2 Å². The van der Waals surface area contributed by atoms with Crippen LogP contribution in [0.2, 0.25) is 0 Å². The maximum Gasteiger partial charge on any atom is 0.338 e. The lowest BCUT2D eigenvalue weighted by Crippen LogP contribution is -2.35. The quantitative estimate of drug-likeness (QED) is 0.617. The van der Waals surface area contributed by atoms with Gasteiger partial charge in [-0.05, 0) is 49.6 Å². The number of thioether (sulfide) groups is 1. The van der Waals surface area contributed by atoms with Crippen molar-refractivity contribution in [2.75, 3.05) is 31.1 Å². The summed E-state index contributed by atoms with van der Waals surface area (Å²) in [7, 11) is -3.64. The van der Waals surface area contributed by atoms with Crippen LogP contribution in [0, 0.1) is 0 Å².